The number of amides is 1. The highest BCUT2D eigenvalue weighted by Crippen LogP contribution is 2.26. The highest BCUT2D eigenvalue weighted by molar-refractivity contribution is 7.10. The van der Waals surface area contributed by atoms with Crippen LogP contribution in [0, 0.1) is 6.92 Å². The number of thiophene rings is 1. The summed E-state index contributed by atoms with van der Waals surface area (Å²) in [5.41, 5.74) is 1.66. The van der Waals surface area contributed by atoms with Crippen LogP contribution in [-0.4, -0.2) is 16.7 Å². The molecule has 1 amide bonds. The Labute approximate surface area is 141 Å². The second-order valence-corrected chi connectivity index (χ2v) is 7.34. The second-order valence-electron chi connectivity index (χ2n) is 6.39. The van der Waals surface area contributed by atoms with Gasteiger partial charge in [-0.25, -0.2) is 9.78 Å². The van der Waals surface area contributed by atoms with E-state index in [-0.39, 0.29) is 6.04 Å². The number of nitrogens with zero attached hydrogens (tertiary/aromatic N) is 1. The number of nitrogens with one attached hydrogen (secondary N) is 2. The summed E-state index contributed by atoms with van der Waals surface area (Å²) in [6.07, 6.45) is 1.19. The van der Waals surface area contributed by atoms with Crippen LogP contribution in [0.15, 0.2) is 29.8 Å². The van der Waals surface area contributed by atoms with E-state index in [1.165, 1.54) is 10.4 Å². The lowest BCUT2D eigenvalue weighted by molar-refractivity contribution is 0.0635. The van der Waals surface area contributed by atoms with Gasteiger partial charge in [0.1, 0.15) is 11.4 Å². The van der Waals surface area contributed by atoms with Gasteiger partial charge in [-0.1, -0.05) is 0 Å². The number of rotatable bonds is 4. The summed E-state index contributed by atoms with van der Waals surface area (Å²) in [5.74, 6) is 0.463. The molecule has 0 saturated heterocycles. The molecule has 2 N–H and O–H groups in total. The molecule has 5 nitrogen and oxygen atoms in total. The molecule has 0 saturated carbocycles. The number of aryl methyl sites for hydroxylation is 1. The van der Waals surface area contributed by atoms with Gasteiger partial charge in [-0.3, -0.25) is 5.32 Å². The Hall–Kier alpha value is -2.08. The molecular weight excluding hydrogens is 310 g/mol. The van der Waals surface area contributed by atoms with Crippen molar-refractivity contribution in [1.82, 2.24) is 4.98 Å². The van der Waals surface area contributed by atoms with Crippen molar-refractivity contribution in [3.8, 4) is 0 Å². The zero-order valence-corrected chi connectivity index (χ0v) is 15.0. The lowest BCUT2D eigenvalue weighted by Gasteiger charge is -2.19. The Bertz CT molecular complexity index is 659. The van der Waals surface area contributed by atoms with E-state index < -0.39 is 11.7 Å². The highest BCUT2D eigenvalue weighted by Gasteiger charge is 2.16. The Morgan fingerprint density at radius 2 is 2.04 bits per heavy atom. The molecule has 2 aromatic heterocycles. The number of ether oxygens (including phenoxy) is 1. The van der Waals surface area contributed by atoms with Gasteiger partial charge in [0.05, 0.1) is 17.9 Å². The molecule has 0 spiro atoms. The molecule has 0 aliphatic heterocycles. The van der Waals surface area contributed by atoms with Crippen molar-refractivity contribution in [2.75, 3.05) is 10.6 Å². The van der Waals surface area contributed by atoms with Crippen LogP contribution in [0.25, 0.3) is 0 Å². The molecule has 1 unspecified atom stereocenters. The minimum atomic E-state index is -0.528. The predicted octanol–water partition coefficient (Wildman–Crippen LogP) is 4.97. The minimum absolute atomic E-state index is 0.210. The standard InChI is InChI=1S/C17H23N3O2S/c1-11-8-9-23-15(11)12(2)19-13-6-7-14(18-10-13)20-16(21)22-17(3,4)5/h6-10,12,19H,1-5H3,(H,18,20,21). The summed E-state index contributed by atoms with van der Waals surface area (Å²) >= 11 is 1.74. The summed E-state index contributed by atoms with van der Waals surface area (Å²) in [6, 6.07) is 5.96. The molecule has 0 aliphatic rings. The molecule has 0 bridgehead atoms. The minimum Gasteiger partial charge on any atom is -0.444 e. The monoisotopic (exact) mass is 333 g/mol. The zero-order chi connectivity index (χ0) is 17.0. The smallest absolute Gasteiger partial charge is 0.413 e. The van der Waals surface area contributed by atoms with E-state index in [1.807, 2.05) is 26.8 Å². The zero-order valence-electron chi connectivity index (χ0n) is 14.1. The number of anilines is 2. The van der Waals surface area contributed by atoms with Crippen molar-refractivity contribution in [2.45, 2.75) is 46.3 Å². The third kappa shape index (κ3) is 5.25. The van der Waals surface area contributed by atoms with E-state index in [9.17, 15) is 4.79 Å². The van der Waals surface area contributed by atoms with Crippen LogP contribution in [0.1, 0.15) is 44.2 Å². The van der Waals surface area contributed by atoms with Gasteiger partial charge in [-0.05, 0) is 63.8 Å². The SMILES string of the molecule is Cc1ccsc1C(C)Nc1ccc(NC(=O)OC(C)(C)C)nc1. The van der Waals surface area contributed by atoms with Crippen LogP contribution in [0.2, 0.25) is 0 Å². The van der Waals surface area contributed by atoms with Crippen LogP contribution >= 0.6 is 11.3 Å². The number of hydrogen-bond acceptors (Lipinski definition) is 5. The predicted molar refractivity (Wildman–Crippen MR) is 95.2 cm³/mol. The summed E-state index contributed by atoms with van der Waals surface area (Å²) < 4.78 is 5.19. The maximum Gasteiger partial charge on any atom is 0.413 e. The van der Waals surface area contributed by atoms with Gasteiger partial charge < -0.3 is 10.1 Å². The number of carbonyl (C=O) groups excluding carboxylic acids is 1. The molecule has 2 rings (SSSR count). The van der Waals surface area contributed by atoms with Gasteiger partial charge in [0, 0.05) is 4.88 Å². The molecular formula is C17H23N3O2S. The van der Waals surface area contributed by atoms with E-state index in [4.69, 9.17) is 4.74 Å². The highest BCUT2D eigenvalue weighted by atomic mass is 32.1. The van der Waals surface area contributed by atoms with Crippen molar-refractivity contribution in [1.29, 1.82) is 0 Å². The van der Waals surface area contributed by atoms with E-state index in [0.717, 1.165) is 5.69 Å². The summed E-state index contributed by atoms with van der Waals surface area (Å²) in [4.78, 5) is 17.2. The van der Waals surface area contributed by atoms with Crippen LogP contribution in [-0.2, 0) is 4.74 Å². The lowest BCUT2D eigenvalue weighted by Crippen LogP contribution is -2.27. The molecule has 0 aliphatic carbocycles. The van der Waals surface area contributed by atoms with E-state index in [2.05, 4.69) is 40.9 Å². The topological polar surface area (TPSA) is 63.2 Å². The third-order valence-corrected chi connectivity index (χ3v) is 4.27. The van der Waals surface area contributed by atoms with Gasteiger partial charge in [0.2, 0.25) is 0 Å². The second kappa shape index (κ2) is 7.00. The van der Waals surface area contributed by atoms with Gasteiger partial charge in [-0.2, -0.15) is 0 Å². The van der Waals surface area contributed by atoms with Gasteiger partial charge in [0.15, 0.2) is 0 Å². The Morgan fingerprint density at radius 1 is 1.30 bits per heavy atom. The molecule has 124 valence electrons. The summed E-state index contributed by atoms with van der Waals surface area (Å²) in [6.45, 7) is 9.69. The Kier molecular flexibility index (Phi) is 5.26. The van der Waals surface area contributed by atoms with E-state index in [1.54, 1.807) is 23.6 Å². The molecule has 2 heterocycles. The molecule has 0 fully saturated rings. The van der Waals surface area contributed by atoms with E-state index in [0.29, 0.717) is 5.82 Å². The third-order valence-electron chi connectivity index (χ3n) is 3.07. The molecule has 1 atom stereocenters. The summed E-state index contributed by atoms with van der Waals surface area (Å²) in [5, 5.41) is 8.12. The first-order valence-electron chi connectivity index (χ1n) is 7.51. The van der Waals surface area contributed by atoms with Crippen molar-refractivity contribution in [3.63, 3.8) is 0 Å². The fourth-order valence-electron chi connectivity index (χ4n) is 2.10. The number of hydrogen-bond donors (Lipinski definition) is 2. The first kappa shape index (κ1) is 17.3. The molecule has 0 aromatic carbocycles. The number of pyridine rings is 1. The van der Waals surface area contributed by atoms with Gasteiger partial charge in [0.25, 0.3) is 0 Å². The van der Waals surface area contributed by atoms with Gasteiger partial charge >= 0.3 is 6.09 Å². The lowest BCUT2D eigenvalue weighted by atomic mass is 10.2. The largest absolute Gasteiger partial charge is 0.444 e. The average Bonchev–Trinajstić information content (AvgIpc) is 2.85. The normalized spacial score (nSPS) is 12.6. The fourth-order valence-corrected chi connectivity index (χ4v) is 3.04. The molecule has 0 radical (unpaired) electrons. The van der Waals surface area contributed by atoms with Crippen molar-refractivity contribution >= 4 is 28.9 Å². The van der Waals surface area contributed by atoms with Crippen LogP contribution in [0.5, 0.6) is 0 Å². The Morgan fingerprint density at radius 3 is 2.57 bits per heavy atom. The maximum atomic E-state index is 11.7. The summed E-state index contributed by atoms with van der Waals surface area (Å²) in [7, 11) is 0. The molecule has 23 heavy (non-hydrogen) atoms. The maximum absolute atomic E-state index is 11.7. The first-order chi connectivity index (χ1) is 10.7. The fraction of sp³-hybridized carbons (Fsp3) is 0.412. The van der Waals surface area contributed by atoms with E-state index >= 15 is 0 Å². The molecule has 6 heteroatoms. The molecule has 2 aromatic rings. The van der Waals surface area contributed by atoms with Gasteiger partial charge in [-0.15, -0.1) is 11.3 Å². The average molecular weight is 333 g/mol. The quantitative estimate of drug-likeness (QED) is 0.829. The number of aromatic nitrogens is 1. The Balaban J connectivity index is 1.94. The number of carbonyl (C=O) groups is 1. The van der Waals surface area contributed by atoms with Crippen LogP contribution in [0.4, 0.5) is 16.3 Å². The van der Waals surface area contributed by atoms with Crippen molar-refractivity contribution < 1.29 is 9.53 Å². The van der Waals surface area contributed by atoms with Crippen molar-refractivity contribution in [2.24, 2.45) is 0 Å². The van der Waals surface area contributed by atoms with Crippen LogP contribution < -0.4 is 10.6 Å². The first-order valence-corrected chi connectivity index (χ1v) is 8.39. The van der Waals surface area contributed by atoms with Crippen molar-refractivity contribution in [3.05, 3.63) is 40.2 Å². The van der Waals surface area contributed by atoms with Crippen LogP contribution in [0.3, 0.4) is 0 Å².